The molecule has 0 saturated heterocycles. The lowest BCUT2D eigenvalue weighted by Crippen LogP contribution is -1.86. The summed E-state index contributed by atoms with van der Waals surface area (Å²) in [6.07, 6.45) is 7.01. The fourth-order valence-electron chi connectivity index (χ4n) is 3.86. The van der Waals surface area contributed by atoms with Crippen LogP contribution in [0, 0.1) is 0 Å². The Morgan fingerprint density at radius 3 is 2.22 bits per heavy atom. The Balaban J connectivity index is 1.33. The molecule has 0 fully saturated rings. The minimum absolute atomic E-state index is 0.897. The van der Waals surface area contributed by atoms with Crippen LogP contribution >= 0.6 is 27.3 Å². The standard InChI is InChI=1S/C27H24BrN3S/c1-2-3-4-7-19-10-12-20(13-11-19)21-14-16-22(17-15-21)25-18-31-27(29-25)32-26(30-31)23-8-5-6-9-24(23)28/h5-6,8-18H,2-4,7H2,1H3. The maximum absolute atomic E-state index is 4.81. The van der Waals surface area contributed by atoms with Crippen molar-refractivity contribution in [1.29, 1.82) is 0 Å². The number of aryl methyl sites for hydroxylation is 1. The fraction of sp³-hybridized carbons (Fsp3) is 0.185. The summed E-state index contributed by atoms with van der Waals surface area (Å²) in [5.74, 6) is 0. The lowest BCUT2D eigenvalue weighted by molar-refractivity contribution is 0.717. The number of nitrogens with zero attached hydrogens (tertiary/aromatic N) is 3. The van der Waals surface area contributed by atoms with Crippen molar-refractivity contribution in [3.05, 3.63) is 89.0 Å². The molecule has 0 bridgehead atoms. The summed E-state index contributed by atoms with van der Waals surface area (Å²) in [6, 6.07) is 25.8. The Labute approximate surface area is 200 Å². The Kier molecular flexibility index (Phi) is 6.19. The van der Waals surface area contributed by atoms with Gasteiger partial charge >= 0.3 is 0 Å². The Morgan fingerprint density at radius 1 is 0.844 bits per heavy atom. The van der Waals surface area contributed by atoms with Gasteiger partial charge in [0.1, 0.15) is 5.01 Å². The zero-order chi connectivity index (χ0) is 21.9. The number of aromatic nitrogens is 3. The first-order valence-corrected chi connectivity index (χ1v) is 12.6. The Morgan fingerprint density at radius 2 is 1.53 bits per heavy atom. The van der Waals surface area contributed by atoms with E-state index in [4.69, 9.17) is 10.1 Å². The second-order valence-electron chi connectivity index (χ2n) is 7.97. The van der Waals surface area contributed by atoms with Gasteiger partial charge in [-0.05, 0) is 35.6 Å². The lowest BCUT2D eigenvalue weighted by Gasteiger charge is -2.05. The molecule has 3 aromatic carbocycles. The summed E-state index contributed by atoms with van der Waals surface area (Å²) < 4.78 is 2.92. The van der Waals surface area contributed by atoms with E-state index in [-0.39, 0.29) is 0 Å². The highest BCUT2D eigenvalue weighted by Gasteiger charge is 2.13. The number of rotatable bonds is 7. The quantitative estimate of drug-likeness (QED) is 0.210. The van der Waals surface area contributed by atoms with E-state index in [0.29, 0.717) is 0 Å². The van der Waals surface area contributed by atoms with Crippen LogP contribution in [-0.4, -0.2) is 14.6 Å². The van der Waals surface area contributed by atoms with Gasteiger partial charge in [-0.15, -0.1) is 0 Å². The predicted octanol–water partition coefficient (Wildman–Crippen LogP) is 8.29. The van der Waals surface area contributed by atoms with Crippen molar-refractivity contribution in [2.75, 3.05) is 0 Å². The van der Waals surface area contributed by atoms with Crippen LogP contribution in [0.1, 0.15) is 31.7 Å². The molecule has 0 aliphatic rings. The van der Waals surface area contributed by atoms with E-state index in [9.17, 15) is 0 Å². The number of imidazole rings is 1. The largest absolute Gasteiger partial charge is 0.217 e. The molecule has 2 heterocycles. The molecule has 0 atom stereocenters. The maximum Gasteiger partial charge on any atom is 0.213 e. The number of hydrogen-bond acceptors (Lipinski definition) is 3. The van der Waals surface area contributed by atoms with Crippen molar-refractivity contribution < 1.29 is 0 Å². The van der Waals surface area contributed by atoms with Gasteiger partial charge in [0, 0.05) is 15.6 Å². The second-order valence-corrected chi connectivity index (χ2v) is 9.78. The van der Waals surface area contributed by atoms with Crippen molar-refractivity contribution in [3.63, 3.8) is 0 Å². The van der Waals surface area contributed by atoms with Gasteiger partial charge in [0.25, 0.3) is 0 Å². The van der Waals surface area contributed by atoms with Crippen molar-refractivity contribution >= 4 is 32.2 Å². The van der Waals surface area contributed by atoms with Gasteiger partial charge in [-0.2, -0.15) is 5.10 Å². The third-order valence-corrected chi connectivity index (χ3v) is 7.33. The normalized spacial score (nSPS) is 11.3. The molecular formula is C27H24BrN3S. The zero-order valence-electron chi connectivity index (χ0n) is 18.0. The van der Waals surface area contributed by atoms with Gasteiger partial charge in [0.2, 0.25) is 4.96 Å². The van der Waals surface area contributed by atoms with E-state index in [1.54, 1.807) is 11.3 Å². The monoisotopic (exact) mass is 501 g/mol. The molecule has 2 aromatic heterocycles. The molecule has 0 radical (unpaired) electrons. The van der Waals surface area contributed by atoms with Crippen molar-refractivity contribution in [1.82, 2.24) is 14.6 Å². The van der Waals surface area contributed by atoms with Crippen LogP contribution < -0.4 is 0 Å². The van der Waals surface area contributed by atoms with Crippen LogP contribution in [0.25, 0.3) is 37.9 Å². The number of unbranched alkanes of at least 4 members (excludes halogenated alkanes) is 2. The minimum atomic E-state index is 0.897. The van der Waals surface area contributed by atoms with Gasteiger partial charge < -0.3 is 0 Å². The van der Waals surface area contributed by atoms with Crippen molar-refractivity contribution in [2.24, 2.45) is 0 Å². The Hall–Kier alpha value is -2.76. The fourth-order valence-corrected chi connectivity index (χ4v) is 5.38. The number of fused-ring (bicyclic) bond motifs is 1. The predicted molar refractivity (Wildman–Crippen MR) is 138 cm³/mol. The van der Waals surface area contributed by atoms with Crippen LogP contribution in [0.15, 0.2) is 83.5 Å². The van der Waals surface area contributed by atoms with Crippen LogP contribution in [0.4, 0.5) is 0 Å². The first kappa shape index (κ1) is 21.1. The first-order chi connectivity index (χ1) is 15.7. The molecule has 0 aliphatic carbocycles. The van der Waals surface area contributed by atoms with Gasteiger partial charge in [0.05, 0.1) is 11.9 Å². The summed E-state index contributed by atoms with van der Waals surface area (Å²) in [7, 11) is 0. The van der Waals surface area contributed by atoms with E-state index in [2.05, 4.69) is 77.5 Å². The molecule has 5 rings (SSSR count). The average molecular weight is 502 g/mol. The molecular weight excluding hydrogens is 478 g/mol. The third kappa shape index (κ3) is 4.41. The summed E-state index contributed by atoms with van der Waals surface area (Å²) in [4.78, 5) is 5.71. The number of hydrogen-bond donors (Lipinski definition) is 0. The summed E-state index contributed by atoms with van der Waals surface area (Å²) in [5, 5.41) is 5.69. The van der Waals surface area contributed by atoms with E-state index in [0.717, 1.165) is 31.3 Å². The highest BCUT2D eigenvalue weighted by Crippen LogP contribution is 2.33. The second kappa shape index (κ2) is 9.39. The van der Waals surface area contributed by atoms with E-state index < -0.39 is 0 Å². The zero-order valence-corrected chi connectivity index (χ0v) is 20.4. The van der Waals surface area contributed by atoms with Gasteiger partial charge in [0.15, 0.2) is 0 Å². The SMILES string of the molecule is CCCCCc1ccc(-c2ccc(-c3cn4nc(-c5ccccc5Br)sc4n3)cc2)cc1. The highest BCUT2D eigenvalue weighted by molar-refractivity contribution is 9.10. The lowest BCUT2D eigenvalue weighted by atomic mass is 10.00. The van der Waals surface area contributed by atoms with Gasteiger partial charge in [-0.1, -0.05) is 114 Å². The van der Waals surface area contributed by atoms with E-state index in [1.807, 2.05) is 28.9 Å². The van der Waals surface area contributed by atoms with E-state index in [1.165, 1.54) is 42.4 Å². The van der Waals surface area contributed by atoms with Crippen molar-refractivity contribution in [3.8, 4) is 33.0 Å². The molecule has 0 N–H and O–H groups in total. The topological polar surface area (TPSA) is 30.2 Å². The number of benzene rings is 3. The highest BCUT2D eigenvalue weighted by atomic mass is 79.9. The van der Waals surface area contributed by atoms with Gasteiger partial charge in [-0.25, -0.2) is 9.50 Å². The minimum Gasteiger partial charge on any atom is -0.217 e. The average Bonchev–Trinajstić information content (AvgIpc) is 3.40. The van der Waals surface area contributed by atoms with Crippen LogP contribution in [-0.2, 0) is 6.42 Å². The van der Waals surface area contributed by atoms with Crippen LogP contribution in [0.3, 0.4) is 0 Å². The summed E-state index contributed by atoms with van der Waals surface area (Å²) in [5.41, 5.74) is 7.03. The third-order valence-electron chi connectivity index (χ3n) is 5.68. The maximum atomic E-state index is 4.81. The molecule has 0 saturated carbocycles. The van der Waals surface area contributed by atoms with E-state index >= 15 is 0 Å². The first-order valence-electron chi connectivity index (χ1n) is 11.0. The van der Waals surface area contributed by atoms with Crippen LogP contribution in [0.2, 0.25) is 0 Å². The van der Waals surface area contributed by atoms with Crippen LogP contribution in [0.5, 0.6) is 0 Å². The molecule has 0 aliphatic heterocycles. The molecule has 3 nitrogen and oxygen atoms in total. The molecule has 5 aromatic rings. The summed E-state index contributed by atoms with van der Waals surface area (Å²) >= 11 is 5.21. The Bertz CT molecular complexity index is 1300. The number of halogens is 1. The molecule has 5 heteroatoms. The molecule has 160 valence electrons. The molecule has 0 spiro atoms. The van der Waals surface area contributed by atoms with Gasteiger partial charge in [-0.3, -0.25) is 0 Å². The molecule has 32 heavy (non-hydrogen) atoms. The summed E-state index contributed by atoms with van der Waals surface area (Å²) in [6.45, 7) is 2.25. The molecule has 0 unspecified atom stereocenters. The molecule has 0 amide bonds. The smallest absolute Gasteiger partial charge is 0.213 e. The van der Waals surface area contributed by atoms with Crippen molar-refractivity contribution in [2.45, 2.75) is 32.6 Å².